The smallest absolute Gasteiger partial charge is 0.337 e. The molecule has 0 aliphatic carbocycles. The van der Waals surface area contributed by atoms with Gasteiger partial charge in [0.25, 0.3) is 11.8 Å². The van der Waals surface area contributed by atoms with Crippen molar-refractivity contribution in [2.24, 2.45) is 0 Å². The lowest BCUT2D eigenvalue weighted by molar-refractivity contribution is -0.167. The van der Waals surface area contributed by atoms with Gasteiger partial charge in [-0.05, 0) is 40.6 Å². The summed E-state index contributed by atoms with van der Waals surface area (Å²) in [7, 11) is 1.57. The zero-order valence-corrected chi connectivity index (χ0v) is 14.5. The summed E-state index contributed by atoms with van der Waals surface area (Å²) in [5.74, 6) is -1.30. The summed E-state index contributed by atoms with van der Waals surface area (Å²) in [4.78, 5) is 42.1. The van der Waals surface area contributed by atoms with Crippen molar-refractivity contribution < 1.29 is 24.0 Å². The Hall–Kier alpha value is -3.67. The van der Waals surface area contributed by atoms with Gasteiger partial charge >= 0.3 is 5.97 Å². The Morgan fingerprint density at radius 1 is 0.926 bits per heavy atom. The molecule has 3 aromatic rings. The van der Waals surface area contributed by atoms with Crippen LogP contribution in [0.4, 0.5) is 0 Å². The van der Waals surface area contributed by atoms with Crippen LogP contribution in [0.25, 0.3) is 10.8 Å². The van der Waals surface area contributed by atoms with E-state index in [0.29, 0.717) is 16.4 Å². The standard InChI is InChI=1S/C21H15NO5/c1-26-15-10-9-13-5-4-6-14(18(13)12-15)11-19(23)27-22-20(24)16-7-2-3-8-17(16)21(22)25/h2-10,12H,11H2,1H3. The van der Waals surface area contributed by atoms with Gasteiger partial charge in [0.15, 0.2) is 0 Å². The average molecular weight is 361 g/mol. The van der Waals surface area contributed by atoms with Gasteiger partial charge in [-0.2, -0.15) is 0 Å². The zero-order chi connectivity index (χ0) is 19.0. The van der Waals surface area contributed by atoms with Crippen molar-refractivity contribution in [3.8, 4) is 5.75 Å². The lowest BCUT2D eigenvalue weighted by atomic mass is 10.0. The van der Waals surface area contributed by atoms with Gasteiger partial charge in [-0.3, -0.25) is 9.59 Å². The second-order valence-electron chi connectivity index (χ2n) is 6.09. The molecular formula is C21H15NO5. The summed E-state index contributed by atoms with van der Waals surface area (Å²) in [6.45, 7) is 0. The predicted molar refractivity (Wildman–Crippen MR) is 97.2 cm³/mol. The van der Waals surface area contributed by atoms with Crippen LogP contribution in [0.2, 0.25) is 0 Å². The fourth-order valence-electron chi connectivity index (χ4n) is 3.14. The van der Waals surface area contributed by atoms with Crippen LogP contribution in [0.3, 0.4) is 0 Å². The van der Waals surface area contributed by atoms with E-state index in [1.54, 1.807) is 25.3 Å². The van der Waals surface area contributed by atoms with E-state index in [4.69, 9.17) is 9.57 Å². The molecule has 6 nitrogen and oxygen atoms in total. The van der Waals surface area contributed by atoms with E-state index >= 15 is 0 Å². The lowest BCUT2D eigenvalue weighted by Crippen LogP contribution is -2.33. The minimum Gasteiger partial charge on any atom is -0.497 e. The van der Waals surface area contributed by atoms with Crippen molar-refractivity contribution in [3.05, 3.63) is 77.4 Å². The average Bonchev–Trinajstić information content (AvgIpc) is 2.93. The van der Waals surface area contributed by atoms with Gasteiger partial charge in [-0.1, -0.05) is 41.5 Å². The van der Waals surface area contributed by atoms with E-state index in [9.17, 15) is 14.4 Å². The minimum absolute atomic E-state index is 0.0854. The van der Waals surface area contributed by atoms with Crippen LogP contribution < -0.4 is 4.74 Å². The molecule has 1 aliphatic heterocycles. The third-order valence-electron chi connectivity index (χ3n) is 4.46. The summed E-state index contributed by atoms with van der Waals surface area (Å²) in [5, 5.41) is 2.32. The van der Waals surface area contributed by atoms with Crippen molar-refractivity contribution in [3.63, 3.8) is 0 Å². The number of hydroxylamine groups is 2. The summed E-state index contributed by atoms with van der Waals surface area (Å²) >= 11 is 0. The molecular weight excluding hydrogens is 346 g/mol. The Morgan fingerprint density at radius 2 is 1.63 bits per heavy atom. The number of amides is 2. The Morgan fingerprint density at radius 3 is 2.30 bits per heavy atom. The maximum Gasteiger partial charge on any atom is 0.337 e. The molecule has 0 spiro atoms. The number of fused-ring (bicyclic) bond motifs is 2. The van der Waals surface area contributed by atoms with Crippen LogP contribution in [0.1, 0.15) is 26.3 Å². The molecule has 0 radical (unpaired) electrons. The number of hydrogen-bond donors (Lipinski definition) is 0. The SMILES string of the molecule is COc1ccc2cccc(CC(=O)ON3C(=O)c4ccccc4C3=O)c2c1. The van der Waals surface area contributed by atoms with Crippen LogP contribution >= 0.6 is 0 Å². The Kier molecular flexibility index (Phi) is 4.08. The summed E-state index contributed by atoms with van der Waals surface area (Å²) in [5.41, 5.74) is 1.17. The lowest BCUT2D eigenvalue weighted by Gasteiger charge is -2.13. The molecule has 3 aromatic carbocycles. The van der Waals surface area contributed by atoms with Crippen molar-refractivity contribution in [1.29, 1.82) is 0 Å². The first kappa shape index (κ1) is 16.8. The molecule has 6 heteroatoms. The normalized spacial score (nSPS) is 13.0. The fraction of sp³-hybridized carbons (Fsp3) is 0.0952. The maximum absolute atomic E-state index is 12.4. The first-order valence-corrected chi connectivity index (χ1v) is 8.33. The number of carbonyl (C=O) groups is 3. The number of nitrogens with zero attached hydrogens (tertiary/aromatic N) is 1. The second-order valence-corrected chi connectivity index (χ2v) is 6.09. The molecule has 0 N–H and O–H groups in total. The molecule has 1 aliphatic rings. The number of benzene rings is 3. The topological polar surface area (TPSA) is 72.9 Å². The fourth-order valence-corrected chi connectivity index (χ4v) is 3.14. The Labute approximate surface area is 154 Å². The Bertz CT molecular complexity index is 1050. The molecule has 0 fully saturated rings. The highest BCUT2D eigenvalue weighted by Gasteiger charge is 2.38. The highest BCUT2D eigenvalue weighted by molar-refractivity contribution is 6.20. The monoisotopic (exact) mass is 361 g/mol. The highest BCUT2D eigenvalue weighted by Crippen LogP contribution is 2.26. The molecule has 134 valence electrons. The molecule has 0 unspecified atom stereocenters. The Balaban J connectivity index is 1.57. The molecule has 1 heterocycles. The van der Waals surface area contributed by atoms with Gasteiger partial charge in [0, 0.05) is 0 Å². The van der Waals surface area contributed by atoms with Crippen molar-refractivity contribution in [2.45, 2.75) is 6.42 Å². The van der Waals surface area contributed by atoms with Crippen LogP contribution in [0.5, 0.6) is 5.75 Å². The molecule has 0 atom stereocenters. The van der Waals surface area contributed by atoms with Crippen LogP contribution in [-0.2, 0) is 16.1 Å². The molecule has 0 aromatic heterocycles. The zero-order valence-electron chi connectivity index (χ0n) is 14.5. The minimum atomic E-state index is -0.695. The van der Waals surface area contributed by atoms with Gasteiger partial charge in [0.2, 0.25) is 0 Å². The first-order valence-electron chi connectivity index (χ1n) is 8.33. The number of carbonyl (C=O) groups excluding carboxylic acids is 3. The molecule has 0 bridgehead atoms. The van der Waals surface area contributed by atoms with Gasteiger partial charge in [-0.25, -0.2) is 4.79 Å². The third kappa shape index (κ3) is 2.91. The van der Waals surface area contributed by atoms with Gasteiger partial charge in [0.05, 0.1) is 24.7 Å². The summed E-state index contributed by atoms with van der Waals surface area (Å²) < 4.78 is 5.24. The number of imide groups is 1. The van der Waals surface area contributed by atoms with Gasteiger partial charge in [-0.15, -0.1) is 0 Å². The molecule has 0 saturated carbocycles. The van der Waals surface area contributed by atoms with E-state index in [-0.39, 0.29) is 17.5 Å². The number of hydrogen-bond acceptors (Lipinski definition) is 5. The first-order chi connectivity index (χ1) is 13.1. The third-order valence-corrected chi connectivity index (χ3v) is 4.46. The maximum atomic E-state index is 12.4. The summed E-state index contributed by atoms with van der Waals surface area (Å²) in [6.07, 6.45) is -0.0854. The summed E-state index contributed by atoms with van der Waals surface area (Å²) in [6, 6.07) is 17.5. The molecule has 0 saturated heterocycles. The van der Waals surface area contributed by atoms with Crippen LogP contribution in [0, 0.1) is 0 Å². The second kappa shape index (κ2) is 6.57. The van der Waals surface area contributed by atoms with Crippen LogP contribution in [-0.4, -0.2) is 30.0 Å². The van der Waals surface area contributed by atoms with Crippen molar-refractivity contribution in [1.82, 2.24) is 5.06 Å². The van der Waals surface area contributed by atoms with E-state index < -0.39 is 17.8 Å². The largest absolute Gasteiger partial charge is 0.497 e. The van der Waals surface area contributed by atoms with E-state index in [1.165, 1.54) is 12.1 Å². The number of ether oxygens (including phenoxy) is 1. The van der Waals surface area contributed by atoms with Crippen molar-refractivity contribution >= 4 is 28.6 Å². The van der Waals surface area contributed by atoms with E-state index in [1.807, 2.05) is 30.3 Å². The molecule has 4 rings (SSSR count). The quantitative estimate of drug-likeness (QED) is 0.668. The highest BCUT2D eigenvalue weighted by atomic mass is 16.7. The van der Waals surface area contributed by atoms with E-state index in [2.05, 4.69) is 0 Å². The van der Waals surface area contributed by atoms with Crippen LogP contribution in [0.15, 0.2) is 60.7 Å². The number of rotatable bonds is 4. The number of methoxy groups -OCH3 is 1. The molecule has 27 heavy (non-hydrogen) atoms. The van der Waals surface area contributed by atoms with Gasteiger partial charge in [0.1, 0.15) is 5.75 Å². The van der Waals surface area contributed by atoms with Crippen molar-refractivity contribution in [2.75, 3.05) is 7.11 Å². The molecule has 2 amide bonds. The predicted octanol–water partition coefficient (Wildman–Crippen LogP) is 3.15. The van der Waals surface area contributed by atoms with E-state index in [0.717, 1.165) is 10.8 Å². The van der Waals surface area contributed by atoms with Gasteiger partial charge < -0.3 is 9.57 Å².